The zero-order valence-electron chi connectivity index (χ0n) is 9.03. The Hall–Kier alpha value is -1.77. The normalized spacial score (nSPS) is 17.1. The minimum atomic E-state index is 0.572. The maximum atomic E-state index is 5.09. The van der Waals surface area contributed by atoms with E-state index >= 15 is 0 Å². The molecular formula is C12H14N2O. The molecule has 0 radical (unpaired) electrons. The largest absolute Gasteiger partial charge is 0.396 e. The molecule has 1 aliphatic heterocycles. The highest BCUT2D eigenvalue weighted by molar-refractivity contribution is 6.21. The molecule has 0 atom stereocenters. The maximum Gasteiger partial charge on any atom is 0.135 e. The van der Waals surface area contributed by atoms with Crippen LogP contribution in [0.4, 0.5) is 5.69 Å². The van der Waals surface area contributed by atoms with Crippen LogP contribution in [0, 0.1) is 0 Å². The van der Waals surface area contributed by atoms with Crippen LogP contribution in [-0.2, 0) is 4.84 Å². The molecule has 0 aliphatic carbocycles. The van der Waals surface area contributed by atoms with Gasteiger partial charge in [-0.25, -0.2) is 0 Å². The van der Waals surface area contributed by atoms with Crippen molar-refractivity contribution in [1.29, 1.82) is 0 Å². The lowest BCUT2D eigenvalue weighted by atomic mass is 10.1. The maximum absolute atomic E-state index is 5.09. The predicted octanol–water partition coefficient (Wildman–Crippen LogP) is 2.39. The first-order valence-corrected chi connectivity index (χ1v) is 4.98. The summed E-state index contributed by atoms with van der Waals surface area (Å²) >= 11 is 0. The van der Waals surface area contributed by atoms with Crippen molar-refractivity contribution in [2.45, 2.75) is 6.92 Å². The van der Waals surface area contributed by atoms with Gasteiger partial charge in [-0.3, -0.25) is 0 Å². The second-order valence-electron chi connectivity index (χ2n) is 3.38. The van der Waals surface area contributed by atoms with E-state index in [9.17, 15) is 0 Å². The number of likely N-dealkylation sites (N-methyl/N-ethyl adjacent to an activating group) is 1. The molecule has 2 rings (SSSR count). The third-order valence-corrected chi connectivity index (χ3v) is 2.48. The highest BCUT2D eigenvalue weighted by Gasteiger charge is 2.26. The summed E-state index contributed by atoms with van der Waals surface area (Å²) in [5.41, 5.74) is 3.92. The molecule has 0 amide bonds. The Labute approximate surface area is 89.6 Å². The van der Waals surface area contributed by atoms with Crippen molar-refractivity contribution in [3.8, 4) is 0 Å². The summed E-state index contributed by atoms with van der Waals surface area (Å²) in [5, 5.41) is 4.09. The van der Waals surface area contributed by atoms with E-state index in [2.05, 4.69) is 17.8 Å². The fourth-order valence-electron chi connectivity index (χ4n) is 1.66. The molecule has 1 aromatic carbocycles. The average molecular weight is 202 g/mol. The standard InChI is InChI=1S/C12H14N2O/c1-4-15-13-12-9(2)14(3)11-8-6-5-7-10(11)12/h5-8H,2,4H2,1,3H3/b13-12-. The van der Waals surface area contributed by atoms with Crippen molar-refractivity contribution in [1.82, 2.24) is 0 Å². The van der Waals surface area contributed by atoms with Gasteiger partial charge in [0, 0.05) is 12.6 Å². The van der Waals surface area contributed by atoms with Crippen molar-refractivity contribution in [2.24, 2.45) is 5.16 Å². The van der Waals surface area contributed by atoms with E-state index < -0.39 is 0 Å². The van der Waals surface area contributed by atoms with Crippen LogP contribution in [0.15, 0.2) is 41.7 Å². The van der Waals surface area contributed by atoms with Crippen molar-refractivity contribution >= 4 is 11.4 Å². The first-order chi connectivity index (χ1) is 7.25. The molecule has 0 fully saturated rings. The molecule has 0 saturated heterocycles. The van der Waals surface area contributed by atoms with E-state index in [4.69, 9.17) is 4.84 Å². The highest BCUT2D eigenvalue weighted by Crippen LogP contribution is 2.32. The number of nitrogens with zero attached hydrogens (tertiary/aromatic N) is 2. The molecule has 0 bridgehead atoms. The van der Waals surface area contributed by atoms with E-state index in [1.54, 1.807) is 0 Å². The number of rotatable bonds is 2. The minimum Gasteiger partial charge on any atom is -0.396 e. The third kappa shape index (κ3) is 1.50. The molecule has 0 N–H and O–H groups in total. The zero-order valence-corrected chi connectivity index (χ0v) is 9.03. The third-order valence-electron chi connectivity index (χ3n) is 2.48. The number of para-hydroxylation sites is 1. The fraction of sp³-hybridized carbons (Fsp3) is 0.250. The second-order valence-corrected chi connectivity index (χ2v) is 3.38. The smallest absolute Gasteiger partial charge is 0.135 e. The Morgan fingerprint density at radius 2 is 2.13 bits per heavy atom. The molecule has 1 heterocycles. The average Bonchev–Trinajstić information content (AvgIpc) is 2.51. The van der Waals surface area contributed by atoms with Gasteiger partial charge < -0.3 is 9.74 Å². The first kappa shape index (κ1) is 9.77. The summed E-state index contributed by atoms with van der Waals surface area (Å²) in [5.74, 6) is 0. The zero-order chi connectivity index (χ0) is 10.8. The Morgan fingerprint density at radius 1 is 1.40 bits per heavy atom. The molecule has 15 heavy (non-hydrogen) atoms. The van der Waals surface area contributed by atoms with E-state index in [-0.39, 0.29) is 0 Å². The number of allylic oxidation sites excluding steroid dienone is 1. The van der Waals surface area contributed by atoms with Crippen molar-refractivity contribution in [3.05, 3.63) is 42.1 Å². The van der Waals surface area contributed by atoms with Crippen molar-refractivity contribution in [2.75, 3.05) is 18.6 Å². The monoisotopic (exact) mass is 202 g/mol. The van der Waals surface area contributed by atoms with Crippen LogP contribution in [0.2, 0.25) is 0 Å². The van der Waals surface area contributed by atoms with E-state index in [1.807, 2.05) is 37.1 Å². The van der Waals surface area contributed by atoms with Gasteiger partial charge >= 0.3 is 0 Å². The van der Waals surface area contributed by atoms with Gasteiger partial charge in [0.2, 0.25) is 0 Å². The topological polar surface area (TPSA) is 24.8 Å². The SMILES string of the molecule is C=C1/C(=N/OCC)c2ccccc2N1C. The summed E-state index contributed by atoms with van der Waals surface area (Å²) in [6, 6.07) is 8.08. The molecule has 0 saturated carbocycles. The molecule has 0 spiro atoms. The summed E-state index contributed by atoms with van der Waals surface area (Å²) in [4.78, 5) is 7.11. The predicted molar refractivity (Wildman–Crippen MR) is 62.1 cm³/mol. The van der Waals surface area contributed by atoms with E-state index in [1.165, 1.54) is 0 Å². The van der Waals surface area contributed by atoms with Crippen LogP contribution in [0.3, 0.4) is 0 Å². The summed E-state index contributed by atoms with van der Waals surface area (Å²) in [6.07, 6.45) is 0. The summed E-state index contributed by atoms with van der Waals surface area (Å²) < 4.78 is 0. The molecule has 0 unspecified atom stereocenters. The molecule has 3 nitrogen and oxygen atoms in total. The molecule has 1 aromatic rings. The van der Waals surface area contributed by atoms with Crippen LogP contribution >= 0.6 is 0 Å². The highest BCUT2D eigenvalue weighted by atomic mass is 16.6. The number of hydrogen-bond donors (Lipinski definition) is 0. The van der Waals surface area contributed by atoms with E-state index in [0.29, 0.717) is 6.61 Å². The Balaban J connectivity index is 2.47. The summed E-state index contributed by atoms with van der Waals surface area (Å²) in [7, 11) is 1.98. The molecular weight excluding hydrogens is 188 g/mol. The molecule has 3 heteroatoms. The van der Waals surface area contributed by atoms with Gasteiger partial charge in [0.25, 0.3) is 0 Å². The molecule has 1 aliphatic rings. The number of fused-ring (bicyclic) bond motifs is 1. The van der Waals surface area contributed by atoms with Gasteiger partial charge in [0.15, 0.2) is 0 Å². The number of oxime groups is 1. The van der Waals surface area contributed by atoms with Gasteiger partial charge in [-0.05, 0) is 13.0 Å². The van der Waals surface area contributed by atoms with Gasteiger partial charge in [-0.1, -0.05) is 29.9 Å². The Bertz CT molecular complexity index is 423. The minimum absolute atomic E-state index is 0.572. The lowest BCUT2D eigenvalue weighted by Gasteiger charge is -2.11. The number of anilines is 1. The van der Waals surface area contributed by atoms with Gasteiger partial charge in [0.1, 0.15) is 12.3 Å². The van der Waals surface area contributed by atoms with Crippen LogP contribution in [0.5, 0.6) is 0 Å². The van der Waals surface area contributed by atoms with Crippen LogP contribution < -0.4 is 4.90 Å². The van der Waals surface area contributed by atoms with Crippen molar-refractivity contribution in [3.63, 3.8) is 0 Å². The Morgan fingerprint density at radius 3 is 2.87 bits per heavy atom. The number of hydrogen-bond acceptors (Lipinski definition) is 3. The number of benzene rings is 1. The lowest BCUT2D eigenvalue weighted by Crippen LogP contribution is -2.13. The van der Waals surface area contributed by atoms with Crippen LogP contribution in [0.1, 0.15) is 12.5 Å². The van der Waals surface area contributed by atoms with Gasteiger partial charge in [-0.15, -0.1) is 0 Å². The van der Waals surface area contributed by atoms with Gasteiger partial charge in [-0.2, -0.15) is 0 Å². The van der Waals surface area contributed by atoms with Gasteiger partial charge in [0.05, 0.1) is 11.4 Å². The molecule has 78 valence electrons. The summed E-state index contributed by atoms with van der Waals surface area (Å²) in [6.45, 7) is 6.49. The lowest BCUT2D eigenvalue weighted by molar-refractivity contribution is 0.159. The Kier molecular flexibility index (Phi) is 2.46. The first-order valence-electron chi connectivity index (χ1n) is 4.98. The van der Waals surface area contributed by atoms with E-state index in [0.717, 1.165) is 22.7 Å². The quantitative estimate of drug-likeness (QED) is 0.688. The molecule has 0 aromatic heterocycles. The second kappa shape index (κ2) is 3.77. The van der Waals surface area contributed by atoms with Crippen LogP contribution in [-0.4, -0.2) is 19.4 Å². The van der Waals surface area contributed by atoms with Crippen molar-refractivity contribution < 1.29 is 4.84 Å². The fourth-order valence-corrected chi connectivity index (χ4v) is 1.66. The van der Waals surface area contributed by atoms with Crippen LogP contribution in [0.25, 0.3) is 0 Å².